The molecule has 0 spiro atoms. The Morgan fingerprint density at radius 1 is 1.29 bits per heavy atom. The molecular weight excluding hydrogens is 360 g/mol. The van der Waals surface area contributed by atoms with Crippen LogP contribution in [0.4, 0.5) is 0 Å². The zero-order valence-electron chi connectivity index (χ0n) is 17.9. The van der Waals surface area contributed by atoms with Gasteiger partial charge in [0.2, 0.25) is 0 Å². The van der Waals surface area contributed by atoms with Crippen molar-refractivity contribution in [3.05, 3.63) is 11.1 Å². The Morgan fingerprint density at radius 2 is 2.00 bits per heavy atom. The monoisotopic (exact) mass is 396 g/mol. The van der Waals surface area contributed by atoms with E-state index in [-0.39, 0.29) is 6.61 Å². The molecule has 6 nitrogen and oxygen atoms in total. The van der Waals surface area contributed by atoms with E-state index in [9.17, 15) is 15.0 Å². The normalized spacial score (nSPS) is 39.5. The number of rotatable bonds is 4. The quantitative estimate of drug-likeness (QED) is 0.561. The zero-order valence-corrected chi connectivity index (χ0v) is 17.9. The first-order chi connectivity index (χ1) is 13.0. The van der Waals surface area contributed by atoms with Gasteiger partial charge in [0.1, 0.15) is 12.2 Å². The van der Waals surface area contributed by atoms with Crippen molar-refractivity contribution in [2.75, 3.05) is 6.61 Å². The molecule has 1 saturated heterocycles. The number of hydrogen-bond donors (Lipinski definition) is 2. The first-order valence-electron chi connectivity index (χ1n) is 10.6. The maximum atomic E-state index is 11.5. The molecule has 3 aliphatic rings. The van der Waals surface area contributed by atoms with Crippen LogP contribution in [0.1, 0.15) is 73.1 Å². The molecule has 6 unspecified atom stereocenters. The molecule has 3 rings (SSSR count). The molecule has 0 aromatic carbocycles. The van der Waals surface area contributed by atoms with Crippen LogP contribution in [0.2, 0.25) is 0 Å². The number of carbonyl (C=O) groups is 1. The van der Waals surface area contributed by atoms with Crippen molar-refractivity contribution in [3.63, 3.8) is 0 Å². The third-order valence-corrected chi connectivity index (χ3v) is 7.15. The molecule has 2 fully saturated rings. The van der Waals surface area contributed by atoms with Crippen LogP contribution >= 0.6 is 0 Å². The van der Waals surface area contributed by atoms with Gasteiger partial charge in [0.15, 0.2) is 12.4 Å². The third-order valence-electron chi connectivity index (χ3n) is 7.15. The van der Waals surface area contributed by atoms with Gasteiger partial charge < -0.3 is 24.4 Å². The molecule has 1 heterocycles. The van der Waals surface area contributed by atoms with Gasteiger partial charge in [-0.2, -0.15) is 0 Å². The highest BCUT2D eigenvalue weighted by atomic mass is 16.7. The first kappa shape index (κ1) is 21.8. The number of allylic oxidation sites excluding steroid dienone is 2. The van der Waals surface area contributed by atoms with Gasteiger partial charge in [-0.15, -0.1) is 0 Å². The van der Waals surface area contributed by atoms with E-state index < -0.39 is 36.2 Å². The highest BCUT2D eigenvalue weighted by Crippen LogP contribution is 2.53. The Balaban J connectivity index is 1.74. The number of esters is 1. The average Bonchev–Trinajstić information content (AvgIpc) is 2.60. The Bertz CT molecular complexity index is 627. The molecule has 0 aromatic rings. The van der Waals surface area contributed by atoms with Crippen molar-refractivity contribution in [2.45, 2.75) is 103 Å². The van der Waals surface area contributed by atoms with Crippen molar-refractivity contribution in [3.8, 4) is 0 Å². The summed E-state index contributed by atoms with van der Waals surface area (Å²) in [4.78, 5) is 11.5. The van der Waals surface area contributed by atoms with Crippen LogP contribution in [0.5, 0.6) is 0 Å². The third kappa shape index (κ3) is 4.30. The van der Waals surface area contributed by atoms with Gasteiger partial charge in [0, 0.05) is 6.92 Å². The second-order valence-corrected chi connectivity index (χ2v) is 9.67. The maximum Gasteiger partial charge on any atom is 0.303 e. The Hall–Kier alpha value is -0.950. The van der Waals surface area contributed by atoms with Crippen LogP contribution in [-0.2, 0) is 19.0 Å². The Labute approximate surface area is 168 Å². The van der Waals surface area contributed by atoms with Gasteiger partial charge in [-0.05, 0) is 70.6 Å². The summed E-state index contributed by atoms with van der Waals surface area (Å²) in [7, 11) is 0. The van der Waals surface area contributed by atoms with E-state index in [0.29, 0.717) is 11.3 Å². The van der Waals surface area contributed by atoms with Crippen LogP contribution < -0.4 is 0 Å². The summed E-state index contributed by atoms with van der Waals surface area (Å²) in [5.74, 6) is -0.223. The summed E-state index contributed by atoms with van der Waals surface area (Å²) in [5, 5.41) is 20.2. The fraction of sp³-hybridized carbons (Fsp3) is 0.864. The van der Waals surface area contributed by atoms with E-state index in [1.54, 1.807) is 5.57 Å². The molecule has 2 aliphatic carbocycles. The Kier molecular flexibility index (Phi) is 6.26. The number of hydrogen-bond acceptors (Lipinski definition) is 6. The number of ether oxygens (including phenoxy) is 3. The molecule has 6 heteroatoms. The van der Waals surface area contributed by atoms with Crippen LogP contribution in [0.3, 0.4) is 0 Å². The lowest BCUT2D eigenvalue weighted by atomic mass is 9.59. The predicted molar refractivity (Wildman–Crippen MR) is 104 cm³/mol. The van der Waals surface area contributed by atoms with Crippen molar-refractivity contribution in [2.24, 2.45) is 11.3 Å². The van der Waals surface area contributed by atoms with Crippen molar-refractivity contribution in [1.82, 2.24) is 0 Å². The van der Waals surface area contributed by atoms with Gasteiger partial charge in [0.05, 0.1) is 12.2 Å². The lowest BCUT2D eigenvalue weighted by Crippen LogP contribution is -2.58. The maximum absolute atomic E-state index is 11.5. The fourth-order valence-corrected chi connectivity index (χ4v) is 5.27. The summed E-state index contributed by atoms with van der Waals surface area (Å²) in [6.07, 6.45) is 2.68. The van der Waals surface area contributed by atoms with Crippen molar-refractivity contribution < 1.29 is 29.2 Å². The summed E-state index contributed by atoms with van der Waals surface area (Å²) in [6, 6.07) is 0. The number of carbonyl (C=O) groups excluding carboxylic acids is 1. The van der Waals surface area contributed by atoms with E-state index in [2.05, 4.69) is 13.8 Å². The molecule has 2 N–H and O–H groups in total. The topological polar surface area (TPSA) is 85.2 Å². The molecule has 0 bridgehead atoms. The van der Waals surface area contributed by atoms with Gasteiger partial charge in [0.25, 0.3) is 0 Å². The number of aliphatic hydroxyl groups is 2. The predicted octanol–water partition coefficient (Wildman–Crippen LogP) is 3.10. The van der Waals surface area contributed by atoms with E-state index in [4.69, 9.17) is 14.2 Å². The number of aliphatic hydroxyl groups excluding tert-OH is 2. The molecule has 0 aromatic heterocycles. The van der Waals surface area contributed by atoms with Crippen LogP contribution in [0.25, 0.3) is 0 Å². The minimum Gasteiger partial charge on any atom is -0.454 e. The standard InChI is InChI=1S/C22H36O6/c1-13-7-6-9-22(5)10-8-15(11-16(13)22)21(3,4)28-20-19(27-14(2)23)18(25)17(24)12-26-20/h15,17-20,24-25H,6-12H2,1-5H3. The summed E-state index contributed by atoms with van der Waals surface area (Å²) >= 11 is 0. The van der Waals surface area contributed by atoms with Crippen molar-refractivity contribution >= 4 is 5.97 Å². The van der Waals surface area contributed by atoms with Gasteiger partial charge >= 0.3 is 5.97 Å². The van der Waals surface area contributed by atoms with E-state index in [1.807, 2.05) is 13.8 Å². The summed E-state index contributed by atoms with van der Waals surface area (Å²) in [6.45, 7) is 9.98. The first-order valence-corrected chi connectivity index (χ1v) is 10.6. The lowest BCUT2D eigenvalue weighted by Gasteiger charge is -2.49. The van der Waals surface area contributed by atoms with Crippen LogP contribution in [0.15, 0.2) is 11.1 Å². The summed E-state index contributed by atoms with van der Waals surface area (Å²) in [5.41, 5.74) is 2.91. The van der Waals surface area contributed by atoms with Gasteiger partial charge in [-0.3, -0.25) is 4.79 Å². The average molecular weight is 397 g/mol. The molecule has 0 amide bonds. The Morgan fingerprint density at radius 3 is 2.68 bits per heavy atom. The smallest absolute Gasteiger partial charge is 0.303 e. The van der Waals surface area contributed by atoms with Crippen LogP contribution in [-0.4, -0.2) is 53.0 Å². The highest BCUT2D eigenvalue weighted by Gasteiger charge is 2.48. The molecule has 28 heavy (non-hydrogen) atoms. The van der Waals surface area contributed by atoms with E-state index in [1.165, 1.54) is 31.8 Å². The molecule has 1 aliphatic heterocycles. The molecule has 160 valence electrons. The fourth-order valence-electron chi connectivity index (χ4n) is 5.27. The largest absolute Gasteiger partial charge is 0.454 e. The molecule has 0 radical (unpaired) electrons. The van der Waals surface area contributed by atoms with Crippen LogP contribution in [0, 0.1) is 11.3 Å². The van der Waals surface area contributed by atoms with E-state index in [0.717, 1.165) is 19.3 Å². The SMILES string of the molecule is CC(=O)OC1C(OC(C)(C)C2CCC3(C)CCCC(C)=C3C2)OCC(O)C1O. The molecule has 6 atom stereocenters. The lowest BCUT2D eigenvalue weighted by molar-refractivity contribution is -0.307. The molecule has 1 saturated carbocycles. The highest BCUT2D eigenvalue weighted by molar-refractivity contribution is 5.66. The summed E-state index contributed by atoms with van der Waals surface area (Å²) < 4.78 is 17.2. The molecular formula is C22H36O6. The second kappa shape index (κ2) is 8.05. The second-order valence-electron chi connectivity index (χ2n) is 9.67. The van der Waals surface area contributed by atoms with Gasteiger partial charge in [-0.25, -0.2) is 0 Å². The van der Waals surface area contributed by atoms with Crippen molar-refractivity contribution in [1.29, 1.82) is 0 Å². The minimum atomic E-state index is -1.23. The van der Waals surface area contributed by atoms with E-state index >= 15 is 0 Å². The zero-order chi connectivity index (χ0) is 20.7. The minimum absolute atomic E-state index is 0.0489. The van der Waals surface area contributed by atoms with Gasteiger partial charge in [-0.1, -0.05) is 18.1 Å². The number of fused-ring (bicyclic) bond motifs is 1.